The van der Waals surface area contributed by atoms with Crippen LogP contribution in [0.25, 0.3) is 11.4 Å². The van der Waals surface area contributed by atoms with Gasteiger partial charge in [-0.3, -0.25) is 4.84 Å². The Labute approximate surface area is 116 Å². The summed E-state index contributed by atoms with van der Waals surface area (Å²) in [5, 5.41) is 5.68. The molecule has 0 atom stereocenters. The van der Waals surface area contributed by atoms with Gasteiger partial charge in [-0.15, -0.1) is 0 Å². The maximum Gasteiger partial charge on any atom is 0.471 e. The van der Waals surface area contributed by atoms with E-state index >= 15 is 0 Å². The van der Waals surface area contributed by atoms with Crippen molar-refractivity contribution >= 4 is 11.7 Å². The predicted molar refractivity (Wildman–Crippen MR) is 63.9 cm³/mol. The Morgan fingerprint density at radius 1 is 1.29 bits per heavy atom. The molecule has 0 bridgehead atoms. The molecule has 1 heterocycles. The molecule has 7 nitrogen and oxygen atoms in total. The SMILES string of the molecule is CONC(=O)Nc1ccc(-c2noc(C(F)(F)F)n2)cc1. The van der Waals surface area contributed by atoms with Crippen LogP contribution in [0.15, 0.2) is 28.8 Å². The zero-order valence-electron chi connectivity index (χ0n) is 10.6. The maximum atomic E-state index is 12.3. The molecule has 0 aliphatic carbocycles. The van der Waals surface area contributed by atoms with Gasteiger partial charge in [0.2, 0.25) is 5.82 Å². The Hall–Kier alpha value is -2.62. The van der Waals surface area contributed by atoms with E-state index in [1.807, 2.05) is 5.48 Å². The largest absolute Gasteiger partial charge is 0.471 e. The number of benzene rings is 1. The normalized spacial score (nSPS) is 11.2. The first-order valence-electron chi connectivity index (χ1n) is 5.51. The van der Waals surface area contributed by atoms with E-state index in [9.17, 15) is 18.0 Å². The van der Waals surface area contributed by atoms with Crippen molar-refractivity contribution in [2.45, 2.75) is 6.18 Å². The Bertz CT molecular complexity index is 624. The Morgan fingerprint density at radius 2 is 1.95 bits per heavy atom. The van der Waals surface area contributed by atoms with Crippen LogP contribution in [0.4, 0.5) is 23.7 Å². The summed E-state index contributed by atoms with van der Waals surface area (Å²) in [5.41, 5.74) is 2.77. The summed E-state index contributed by atoms with van der Waals surface area (Å²) >= 11 is 0. The molecule has 2 aromatic rings. The number of nitrogens with one attached hydrogen (secondary N) is 2. The van der Waals surface area contributed by atoms with Gasteiger partial charge >= 0.3 is 18.1 Å². The molecule has 0 aliphatic rings. The summed E-state index contributed by atoms with van der Waals surface area (Å²) < 4.78 is 41.1. The number of carbonyl (C=O) groups excluding carboxylic acids is 1. The highest BCUT2D eigenvalue weighted by molar-refractivity contribution is 5.88. The standard InChI is InChI=1S/C11H9F3N4O3/c1-20-18-10(19)15-7-4-2-6(3-5-7)8-16-9(21-17-8)11(12,13)14/h2-5H,1H3,(H2,15,18,19). The van der Waals surface area contributed by atoms with Crippen LogP contribution in [0, 0.1) is 0 Å². The first-order valence-corrected chi connectivity index (χ1v) is 5.51. The number of urea groups is 1. The van der Waals surface area contributed by atoms with Crippen molar-refractivity contribution in [2.24, 2.45) is 0 Å². The van der Waals surface area contributed by atoms with E-state index in [1.165, 1.54) is 31.4 Å². The van der Waals surface area contributed by atoms with Crippen molar-refractivity contribution in [2.75, 3.05) is 12.4 Å². The van der Waals surface area contributed by atoms with Crippen molar-refractivity contribution in [3.63, 3.8) is 0 Å². The topological polar surface area (TPSA) is 89.3 Å². The van der Waals surface area contributed by atoms with Gasteiger partial charge in [0.1, 0.15) is 0 Å². The van der Waals surface area contributed by atoms with Crippen LogP contribution >= 0.6 is 0 Å². The summed E-state index contributed by atoms with van der Waals surface area (Å²) in [6, 6.07) is 5.22. The number of aromatic nitrogens is 2. The molecule has 1 aromatic heterocycles. The minimum Gasteiger partial charge on any atom is -0.329 e. The molecule has 112 valence electrons. The molecule has 0 radical (unpaired) electrons. The van der Waals surface area contributed by atoms with Gasteiger partial charge in [-0.2, -0.15) is 18.2 Å². The number of carbonyl (C=O) groups is 1. The highest BCUT2D eigenvalue weighted by Crippen LogP contribution is 2.29. The molecule has 1 aromatic carbocycles. The highest BCUT2D eigenvalue weighted by Gasteiger charge is 2.38. The van der Waals surface area contributed by atoms with Crippen molar-refractivity contribution in [3.8, 4) is 11.4 Å². The van der Waals surface area contributed by atoms with Crippen LogP contribution < -0.4 is 10.8 Å². The van der Waals surface area contributed by atoms with Crippen LogP contribution in [0.1, 0.15) is 5.89 Å². The Balaban J connectivity index is 2.12. The lowest BCUT2D eigenvalue weighted by Gasteiger charge is -2.05. The number of alkyl halides is 3. The minimum absolute atomic E-state index is 0.199. The molecule has 0 unspecified atom stereocenters. The number of halogens is 3. The van der Waals surface area contributed by atoms with Crippen LogP contribution in [-0.4, -0.2) is 23.3 Å². The van der Waals surface area contributed by atoms with E-state index in [0.717, 1.165) is 0 Å². The average Bonchev–Trinajstić information content (AvgIpc) is 2.89. The smallest absolute Gasteiger partial charge is 0.329 e. The summed E-state index contributed by atoms with van der Waals surface area (Å²) in [4.78, 5) is 18.8. The molecule has 2 rings (SSSR count). The maximum absolute atomic E-state index is 12.3. The number of hydrogen-bond acceptors (Lipinski definition) is 5. The van der Waals surface area contributed by atoms with Crippen molar-refractivity contribution in [3.05, 3.63) is 30.2 Å². The summed E-state index contributed by atoms with van der Waals surface area (Å²) in [6.45, 7) is 0. The second-order valence-corrected chi connectivity index (χ2v) is 3.76. The fourth-order valence-electron chi connectivity index (χ4n) is 1.41. The van der Waals surface area contributed by atoms with Gasteiger partial charge in [0.05, 0.1) is 7.11 Å². The molecular weight excluding hydrogens is 293 g/mol. The Kier molecular flexibility index (Phi) is 4.08. The second-order valence-electron chi connectivity index (χ2n) is 3.76. The highest BCUT2D eigenvalue weighted by atomic mass is 19.4. The summed E-state index contributed by atoms with van der Waals surface area (Å²) in [6.07, 6.45) is -4.69. The van der Waals surface area contributed by atoms with Crippen molar-refractivity contribution < 1.29 is 27.3 Å². The quantitative estimate of drug-likeness (QED) is 0.850. The minimum atomic E-state index is -4.69. The van der Waals surface area contributed by atoms with E-state index in [-0.39, 0.29) is 5.82 Å². The summed E-state index contributed by atoms with van der Waals surface area (Å²) in [5.74, 6) is -1.62. The van der Waals surface area contributed by atoms with Crippen molar-refractivity contribution in [1.82, 2.24) is 15.6 Å². The number of hydrogen-bond donors (Lipinski definition) is 2. The molecule has 0 spiro atoms. The lowest BCUT2D eigenvalue weighted by Crippen LogP contribution is -2.27. The third-order valence-electron chi connectivity index (χ3n) is 2.26. The number of anilines is 1. The van der Waals surface area contributed by atoms with Gasteiger partial charge in [0.25, 0.3) is 0 Å². The lowest BCUT2D eigenvalue weighted by molar-refractivity contribution is -0.159. The molecule has 0 saturated carbocycles. The fraction of sp³-hybridized carbons (Fsp3) is 0.182. The fourth-order valence-corrected chi connectivity index (χ4v) is 1.41. The molecule has 2 amide bonds. The monoisotopic (exact) mass is 302 g/mol. The van der Waals surface area contributed by atoms with Gasteiger partial charge in [-0.1, -0.05) is 5.16 Å². The molecule has 0 saturated heterocycles. The number of amides is 2. The van der Waals surface area contributed by atoms with Gasteiger partial charge in [-0.05, 0) is 24.3 Å². The molecule has 21 heavy (non-hydrogen) atoms. The first kappa shape index (κ1) is 14.8. The number of nitrogens with zero attached hydrogens (tertiary/aromatic N) is 2. The molecule has 10 heteroatoms. The zero-order valence-corrected chi connectivity index (χ0v) is 10.6. The van der Waals surface area contributed by atoms with Crippen LogP contribution in [0.3, 0.4) is 0 Å². The third kappa shape index (κ3) is 3.69. The van der Waals surface area contributed by atoms with E-state index in [1.54, 1.807) is 0 Å². The molecule has 0 aliphatic heterocycles. The van der Waals surface area contributed by atoms with Gasteiger partial charge in [0, 0.05) is 11.3 Å². The number of hydroxylamine groups is 1. The number of rotatable bonds is 3. The van der Waals surface area contributed by atoms with Crippen LogP contribution in [0.5, 0.6) is 0 Å². The second kappa shape index (κ2) is 5.79. The average molecular weight is 302 g/mol. The first-order chi connectivity index (χ1) is 9.90. The molecular formula is C11H9F3N4O3. The van der Waals surface area contributed by atoms with Crippen LogP contribution in [0.2, 0.25) is 0 Å². The van der Waals surface area contributed by atoms with E-state index in [2.05, 4.69) is 24.8 Å². The third-order valence-corrected chi connectivity index (χ3v) is 2.26. The molecule has 2 N–H and O–H groups in total. The summed E-state index contributed by atoms with van der Waals surface area (Å²) in [7, 11) is 1.27. The van der Waals surface area contributed by atoms with Gasteiger partial charge in [0.15, 0.2) is 0 Å². The van der Waals surface area contributed by atoms with Gasteiger partial charge in [-0.25, -0.2) is 10.3 Å². The molecule has 0 fully saturated rings. The Morgan fingerprint density at radius 3 is 2.48 bits per heavy atom. The van der Waals surface area contributed by atoms with Crippen molar-refractivity contribution in [1.29, 1.82) is 0 Å². The lowest BCUT2D eigenvalue weighted by atomic mass is 10.2. The van der Waals surface area contributed by atoms with E-state index in [4.69, 9.17) is 0 Å². The van der Waals surface area contributed by atoms with E-state index in [0.29, 0.717) is 11.3 Å². The van der Waals surface area contributed by atoms with Gasteiger partial charge < -0.3 is 9.84 Å². The van der Waals surface area contributed by atoms with E-state index < -0.39 is 18.1 Å². The zero-order chi connectivity index (χ0) is 15.5. The predicted octanol–water partition coefficient (Wildman–Crippen LogP) is 2.44. The van der Waals surface area contributed by atoms with Crippen LogP contribution in [-0.2, 0) is 11.0 Å².